The molecule has 0 heterocycles. The van der Waals surface area contributed by atoms with E-state index in [4.69, 9.17) is 9.47 Å². The molecule has 3 atom stereocenters. The zero-order valence-electron chi connectivity index (χ0n) is 11.3. The van der Waals surface area contributed by atoms with Crippen LogP contribution in [-0.2, 0) is 4.74 Å². The van der Waals surface area contributed by atoms with Crippen LogP contribution >= 0.6 is 15.9 Å². The predicted octanol–water partition coefficient (Wildman–Crippen LogP) is 4.01. The van der Waals surface area contributed by atoms with Crippen LogP contribution in [0.3, 0.4) is 0 Å². The summed E-state index contributed by atoms with van der Waals surface area (Å²) < 4.78 is 11.9. The van der Waals surface area contributed by atoms with Crippen molar-refractivity contribution < 1.29 is 9.47 Å². The maximum atomic E-state index is 6.09. The molecule has 0 bridgehead atoms. The van der Waals surface area contributed by atoms with E-state index in [9.17, 15) is 0 Å². The fourth-order valence-corrected chi connectivity index (χ4v) is 2.98. The largest absolute Gasteiger partial charge is 0.487 e. The molecule has 3 unspecified atom stereocenters. The molecular formula is C15H21BrO2. The number of aryl methyl sites for hydroxylation is 1. The molecule has 1 aromatic carbocycles. The average molecular weight is 313 g/mol. The maximum absolute atomic E-state index is 6.09. The highest BCUT2D eigenvalue weighted by molar-refractivity contribution is 9.09. The zero-order chi connectivity index (χ0) is 13.1. The van der Waals surface area contributed by atoms with Gasteiger partial charge in [-0.25, -0.2) is 0 Å². The smallest absolute Gasteiger partial charge is 0.127 e. The van der Waals surface area contributed by atoms with Gasteiger partial charge in [-0.3, -0.25) is 0 Å². The summed E-state index contributed by atoms with van der Waals surface area (Å²) >= 11 is 3.64. The summed E-state index contributed by atoms with van der Waals surface area (Å²) in [5.41, 5.74) is 2.50. The Balaban J connectivity index is 1.99. The SMILES string of the molecule is CCCOC1C(Br)CC1Oc1cccc(C)c1C. The van der Waals surface area contributed by atoms with E-state index in [2.05, 4.69) is 42.8 Å². The minimum absolute atomic E-state index is 0.182. The van der Waals surface area contributed by atoms with Crippen molar-refractivity contribution in [3.05, 3.63) is 29.3 Å². The molecule has 1 aliphatic carbocycles. The monoisotopic (exact) mass is 312 g/mol. The van der Waals surface area contributed by atoms with Crippen molar-refractivity contribution in [2.45, 2.75) is 50.6 Å². The van der Waals surface area contributed by atoms with Crippen molar-refractivity contribution in [1.29, 1.82) is 0 Å². The summed E-state index contributed by atoms with van der Waals surface area (Å²) in [6, 6.07) is 6.20. The molecule has 3 heteroatoms. The predicted molar refractivity (Wildman–Crippen MR) is 77.7 cm³/mol. The fourth-order valence-electron chi connectivity index (χ4n) is 2.12. The van der Waals surface area contributed by atoms with Crippen LogP contribution in [0.2, 0.25) is 0 Å². The van der Waals surface area contributed by atoms with Gasteiger partial charge in [-0.1, -0.05) is 35.0 Å². The van der Waals surface area contributed by atoms with Gasteiger partial charge in [-0.05, 0) is 37.5 Å². The Morgan fingerprint density at radius 3 is 2.78 bits per heavy atom. The van der Waals surface area contributed by atoms with E-state index in [-0.39, 0.29) is 12.2 Å². The van der Waals surface area contributed by atoms with Crippen LogP contribution in [0.4, 0.5) is 0 Å². The Hall–Kier alpha value is -0.540. The quantitative estimate of drug-likeness (QED) is 0.765. The van der Waals surface area contributed by atoms with Crippen molar-refractivity contribution in [2.75, 3.05) is 6.61 Å². The number of hydrogen-bond donors (Lipinski definition) is 0. The molecule has 0 aromatic heterocycles. The first-order chi connectivity index (χ1) is 8.63. The molecule has 0 aliphatic heterocycles. The van der Waals surface area contributed by atoms with Gasteiger partial charge in [0.05, 0.1) is 0 Å². The van der Waals surface area contributed by atoms with Gasteiger partial charge in [0.15, 0.2) is 0 Å². The Labute approximate surface area is 118 Å². The molecule has 100 valence electrons. The molecule has 0 saturated heterocycles. The summed E-state index contributed by atoms with van der Waals surface area (Å²) in [5, 5.41) is 0. The standard InChI is InChI=1S/C15H21BrO2/c1-4-8-17-15-12(16)9-14(15)18-13-7-5-6-10(2)11(13)3/h5-7,12,14-15H,4,8-9H2,1-3H3. The second-order valence-electron chi connectivity index (χ2n) is 4.94. The van der Waals surface area contributed by atoms with Gasteiger partial charge in [0.1, 0.15) is 18.0 Å². The molecule has 2 rings (SSSR count). The first kappa shape index (κ1) is 13.9. The molecular weight excluding hydrogens is 292 g/mol. The lowest BCUT2D eigenvalue weighted by molar-refractivity contribution is -0.0764. The molecule has 1 saturated carbocycles. The van der Waals surface area contributed by atoms with Gasteiger partial charge in [0, 0.05) is 17.9 Å². The molecule has 0 N–H and O–H groups in total. The highest BCUT2D eigenvalue weighted by Crippen LogP contribution is 2.35. The number of alkyl halides is 1. The van der Waals surface area contributed by atoms with Crippen LogP contribution in [-0.4, -0.2) is 23.6 Å². The third-order valence-electron chi connectivity index (χ3n) is 3.53. The molecule has 0 radical (unpaired) electrons. The van der Waals surface area contributed by atoms with Crippen LogP contribution in [0.1, 0.15) is 30.9 Å². The van der Waals surface area contributed by atoms with Crippen molar-refractivity contribution in [3.63, 3.8) is 0 Å². The molecule has 1 aliphatic rings. The van der Waals surface area contributed by atoms with Crippen LogP contribution in [0.15, 0.2) is 18.2 Å². The number of ether oxygens (including phenoxy) is 2. The van der Waals surface area contributed by atoms with E-state index in [1.165, 1.54) is 11.1 Å². The van der Waals surface area contributed by atoms with E-state index in [0.29, 0.717) is 4.83 Å². The van der Waals surface area contributed by atoms with Crippen molar-refractivity contribution in [3.8, 4) is 5.75 Å². The van der Waals surface area contributed by atoms with Gasteiger partial charge in [0.2, 0.25) is 0 Å². The van der Waals surface area contributed by atoms with E-state index in [1.807, 2.05) is 12.1 Å². The minimum atomic E-state index is 0.182. The molecule has 18 heavy (non-hydrogen) atoms. The first-order valence-electron chi connectivity index (χ1n) is 6.62. The molecule has 1 aromatic rings. The third-order valence-corrected chi connectivity index (χ3v) is 4.42. The van der Waals surface area contributed by atoms with Gasteiger partial charge >= 0.3 is 0 Å². The Morgan fingerprint density at radius 1 is 1.33 bits per heavy atom. The van der Waals surface area contributed by atoms with Crippen molar-refractivity contribution in [2.24, 2.45) is 0 Å². The molecule has 0 spiro atoms. The van der Waals surface area contributed by atoms with Crippen LogP contribution in [0.25, 0.3) is 0 Å². The van der Waals surface area contributed by atoms with E-state index in [0.717, 1.165) is 25.2 Å². The zero-order valence-corrected chi connectivity index (χ0v) is 12.9. The van der Waals surface area contributed by atoms with Gasteiger partial charge in [0.25, 0.3) is 0 Å². The van der Waals surface area contributed by atoms with Crippen LogP contribution in [0.5, 0.6) is 5.75 Å². The third kappa shape index (κ3) is 2.89. The van der Waals surface area contributed by atoms with Gasteiger partial charge in [-0.2, -0.15) is 0 Å². The summed E-state index contributed by atoms with van der Waals surface area (Å²) in [5.74, 6) is 0.990. The number of halogens is 1. The number of hydrogen-bond acceptors (Lipinski definition) is 2. The summed E-state index contributed by atoms with van der Waals surface area (Å²) in [7, 11) is 0. The summed E-state index contributed by atoms with van der Waals surface area (Å²) in [4.78, 5) is 0.430. The van der Waals surface area contributed by atoms with Gasteiger partial charge in [-0.15, -0.1) is 0 Å². The first-order valence-corrected chi connectivity index (χ1v) is 7.53. The number of rotatable bonds is 5. The lowest BCUT2D eigenvalue weighted by atomic mass is 9.91. The highest BCUT2D eigenvalue weighted by atomic mass is 79.9. The topological polar surface area (TPSA) is 18.5 Å². The molecule has 0 amide bonds. The Kier molecular flexibility index (Phi) is 4.68. The fraction of sp³-hybridized carbons (Fsp3) is 0.600. The summed E-state index contributed by atoms with van der Waals surface area (Å²) in [6.45, 7) is 7.15. The average Bonchev–Trinajstić information content (AvgIpc) is 2.34. The lowest BCUT2D eigenvalue weighted by Crippen LogP contribution is -2.52. The maximum Gasteiger partial charge on any atom is 0.127 e. The number of benzene rings is 1. The van der Waals surface area contributed by atoms with Crippen LogP contribution in [0, 0.1) is 13.8 Å². The molecule has 2 nitrogen and oxygen atoms in total. The summed E-state index contributed by atoms with van der Waals surface area (Å²) in [6.07, 6.45) is 2.43. The normalized spacial score (nSPS) is 26.8. The lowest BCUT2D eigenvalue weighted by Gasteiger charge is -2.41. The van der Waals surface area contributed by atoms with Crippen molar-refractivity contribution in [1.82, 2.24) is 0 Å². The van der Waals surface area contributed by atoms with Gasteiger partial charge < -0.3 is 9.47 Å². The Morgan fingerprint density at radius 2 is 2.11 bits per heavy atom. The Bertz CT molecular complexity index is 405. The van der Waals surface area contributed by atoms with Crippen molar-refractivity contribution >= 4 is 15.9 Å². The van der Waals surface area contributed by atoms with E-state index in [1.54, 1.807) is 0 Å². The minimum Gasteiger partial charge on any atom is -0.487 e. The molecule has 1 fully saturated rings. The second kappa shape index (κ2) is 6.07. The van der Waals surface area contributed by atoms with Crippen LogP contribution < -0.4 is 4.74 Å². The highest BCUT2D eigenvalue weighted by Gasteiger charge is 2.42. The second-order valence-corrected chi connectivity index (χ2v) is 6.12. The van der Waals surface area contributed by atoms with E-state index < -0.39 is 0 Å². The van der Waals surface area contributed by atoms with E-state index >= 15 is 0 Å².